The third-order valence-electron chi connectivity index (χ3n) is 6.13. The van der Waals surface area contributed by atoms with E-state index in [0.29, 0.717) is 6.42 Å². The Hall–Kier alpha value is -2.87. The Balaban J connectivity index is 2.11. The molecule has 2 aromatic rings. The highest BCUT2D eigenvalue weighted by Gasteiger charge is 2.25. The SMILES string of the molecule is CCCCCCCCOC(=O)c1ccc(S(=O)(=O)Oc2ccccc2)cc1C(=O)OCCCCCCCC. The highest BCUT2D eigenvalue weighted by atomic mass is 32.2. The molecule has 7 nitrogen and oxygen atoms in total. The van der Waals surface area contributed by atoms with Crippen molar-refractivity contribution in [3.63, 3.8) is 0 Å². The lowest BCUT2D eigenvalue weighted by atomic mass is 10.1. The molecule has 0 radical (unpaired) electrons. The normalized spacial score (nSPS) is 11.2. The summed E-state index contributed by atoms with van der Waals surface area (Å²) in [6.45, 7) is 4.72. The Kier molecular flexibility index (Phi) is 14.5. The Morgan fingerprint density at radius 2 is 1.13 bits per heavy atom. The molecule has 0 unspecified atom stereocenters. The molecular weight excluding hydrogens is 504 g/mol. The molecule has 0 bridgehead atoms. The number of rotatable bonds is 19. The van der Waals surface area contributed by atoms with Crippen LogP contribution >= 0.6 is 0 Å². The molecule has 0 amide bonds. The summed E-state index contributed by atoms with van der Waals surface area (Å²) in [5.41, 5.74) is -0.177. The van der Waals surface area contributed by atoms with Gasteiger partial charge in [-0.3, -0.25) is 0 Å². The third-order valence-corrected chi connectivity index (χ3v) is 7.37. The van der Waals surface area contributed by atoms with Crippen LogP contribution in [0.15, 0.2) is 53.4 Å². The Labute approximate surface area is 228 Å². The minimum atomic E-state index is -4.24. The number of hydrogen-bond donors (Lipinski definition) is 0. The lowest BCUT2D eigenvalue weighted by Gasteiger charge is -2.13. The zero-order valence-electron chi connectivity index (χ0n) is 22.8. The van der Waals surface area contributed by atoms with Gasteiger partial charge in [-0.1, -0.05) is 96.3 Å². The summed E-state index contributed by atoms with van der Waals surface area (Å²) in [5.74, 6) is -1.30. The standard InChI is InChI=1S/C30H42O7S/c1-3-5-7-9-11-16-22-35-29(31)27-21-20-26(38(33,34)37-25-18-14-13-15-19-25)24-28(27)30(32)36-23-17-12-10-8-6-4-2/h13-15,18-21,24H,3-12,16-17,22-23H2,1-2H3. The number of ether oxygens (including phenoxy) is 2. The summed E-state index contributed by atoms with van der Waals surface area (Å²) in [6, 6.07) is 11.7. The lowest BCUT2D eigenvalue weighted by Crippen LogP contribution is -2.17. The Morgan fingerprint density at radius 3 is 1.68 bits per heavy atom. The quantitative estimate of drug-likeness (QED) is 0.102. The number of esters is 2. The van der Waals surface area contributed by atoms with E-state index < -0.39 is 22.1 Å². The first kappa shape index (κ1) is 31.3. The van der Waals surface area contributed by atoms with Crippen LogP contribution in [0.5, 0.6) is 5.75 Å². The van der Waals surface area contributed by atoms with Crippen molar-refractivity contribution < 1.29 is 31.7 Å². The molecule has 0 aliphatic heterocycles. The monoisotopic (exact) mass is 546 g/mol. The van der Waals surface area contributed by atoms with Crippen molar-refractivity contribution in [2.24, 2.45) is 0 Å². The largest absolute Gasteiger partial charge is 0.462 e. The van der Waals surface area contributed by atoms with Gasteiger partial charge in [0.25, 0.3) is 0 Å². The molecule has 0 atom stereocenters. The van der Waals surface area contributed by atoms with Gasteiger partial charge in [-0.15, -0.1) is 0 Å². The molecule has 0 heterocycles. The zero-order valence-corrected chi connectivity index (χ0v) is 23.6. The summed E-state index contributed by atoms with van der Waals surface area (Å²) < 4.78 is 41.7. The van der Waals surface area contributed by atoms with Crippen LogP contribution in [-0.4, -0.2) is 33.6 Å². The van der Waals surface area contributed by atoms with E-state index in [-0.39, 0.29) is 35.0 Å². The highest BCUT2D eigenvalue weighted by Crippen LogP contribution is 2.23. The molecule has 8 heteroatoms. The number of carbonyl (C=O) groups excluding carboxylic acids is 2. The Bertz CT molecular complexity index is 1080. The second kappa shape index (κ2) is 17.6. The van der Waals surface area contributed by atoms with Gasteiger partial charge < -0.3 is 13.7 Å². The van der Waals surface area contributed by atoms with Crippen LogP contribution in [0, 0.1) is 0 Å². The number of unbranched alkanes of at least 4 members (excludes halogenated alkanes) is 10. The fraction of sp³-hybridized carbons (Fsp3) is 0.533. The molecule has 0 aliphatic carbocycles. The average molecular weight is 547 g/mol. The van der Waals surface area contributed by atoms with Crippen LogP contribution in [0.25, 0.3) is 0 Å². The van der Waals surface area contributed by atoms with Crippen LogP contribution < -0.4 is 4.18 Å². The molecular formula is C30H42O7S. The molecule has 0 saturated carbocycles. The van der Waals surface area contributed by atoms with Crippen LogP contribution in [-0.2, 0) is 19.6 Å². The van der Waals surface area contributed by atoms with Crippen molar-refractivity contribution in [2.45, 2.75) is 95.8 Å². The molecule has 0 spiro atoms. The van der Waals surface area contributed by atoms with Crippen molar-refractivity contribution in [3.05, 3.63) is 59.7 Å². The van der Waals surface area contributed by atoms with Crippen molar-refractivity contribution in [2.75, 3.05) is 13.2 Å². The van der Waals surface area contributed by atoms with Gasteiger partial charge in [0.1, 0.15) is 10.6 Å². The third kappa shape index (κ3) is 11.3. The van der Waals surface area contributed by atoms with Gasteiger partial charge in [-0.25, -0.2) is 9.59 Å². The fourth-order valence-corrected chi connectivity index (χ4v) is 4.88. The van der Waals surface area contributed by atoms with Gasteiger partial charge in [-0.05, 0) is 43.2 Å². The molecule has 0 aliphatic rings. The van der Waals surface area contributed by atoms with Crippen molar-refractivity contribution in [1.82, 2.24) is 0 Å². The van der Waals surface area contributed by atoms with E-state index in [2.05, 4.69) is 13.8 Å². The van der Waals surface area contributed by atoms with E-state index in [1.54, 1.807) is 18.2 Å². The van der Waals surface area contributed by atoms with E-state index in [9.17, 15) is 18.0 Å². The molecule has 0 fully saturated rings. The minimum absolute atomic E-state index is 0.0254. The molecule has 0 saturated heterocycles. The fourth-order valence-electron chi connectivity index (χ4n) is 3.93. The van der Waals surface area contributed by atoms with E-state index in [1.165, 1.54) is 37.1 Å². The predicted molar refractivity (Wildman–Crippen MR) is 148 cm³/mol. The van der Waals surface area contributed by atoms with Crippen LogP contribution in [0.2, 0.25) is 0 Å². The number of carbonyl (C=O) groups is 2. The van der Waals surface area contributed by atoms with Crippen molar-refractivity contribution in [1.29, 1.82) is 0 Å². The topological polar surface area (TPSA) is 96.0 Å². The van der Waals surface area contributed by atoms with Crippen LogP contribution in [0.1, 0.15) is 112 Å². The lowest BCUT2D eigenvalue weighted by molar-refractivity contribution is 0.0450. The van der Waals surface area contributed by atoms with Crippen molar-refractivity contribution in [3.8, 4) is 5.75 Å². The zero-order chi connectivity index (χ0) is 27.6. The van der Waals surface area contributed by atoms with Crippen LogP contribution in [0.3, 0.4) is 0 Å². The first-order chi connectivity index (χ1) is 18.4. The maximum Gasteiger partial charge on any atom is 0.339 e. The van der Waals surface area contributed by atoms with Gasteiger partial charge >= 0.3 is 22.1 Å². The number of para-hydroxylation sites is 1. The summed E-state index contributed by atoms with van der Waals surface area (Å²) in [6.07, 6.45) is 12.4. The summed E-state index contributed by atoms with van der Waals surface area (Å²) in [4.78, 5) is 25.5. The van der Waals surface area contributed by atoms with Gasteiger partial charge in [0.15, 0.2) is 0 Å². The molecule has 2 aromatic carbocycles. The average Bonchev–Trinajstić information content (AvgIpc) is 2.91. The van der Waals surface area contributed by atoms with Crippen molar-refractivity contribution >= 4 is 22.1 Å². The van der Waals surface area contributed by atoms with Gasteiger partial charge in [-0.2, -0.15) is 8.42 Å². The number of benzene rings is 2. The molecule has 38 heavy (non-hydrogen) atoms. The second-order valence-electron chi connectivity index (χ2n) is 9.37. The van der Waals surface area contributed by atoms with E-state index in [0.717, 1.165) is 63.9 Å². The van der Waals surface area contributed by atoms with Gasteiger partial charge in [0.2, 0.25) is 0 Å². The molecule has 0 N–H and O–H groups in total. The summed E-state index contributed by atoms with van der Waals surface area (Å²) >= 11 is 0. The van der Waals surface area contributed by atoms with Gasteiger partial charge in [0, 0.05) is 0 Å². The second-order valence-corrected chi connectivity index (χ2v) is 10.9. The number of hydrogen-bond acceptors (Lipinski definition) is 7. The molecule has 0 aromatic heterocycles. The smallest absolute Gasteiger partial charge is 0.339 e. The molecule has 210 valence electrons. The maximum absolute atomic E-state index is 13.0. The highest BCUT2D eigenvalue weighted by molar-refractivity contribution is 7.87. The first-order valence-electron chi connectivity index (χ1n) is 13.9. The van der Waals surface area contributed by atoms with E-state index >= 15 is 0 Å². The summed E-state index contributed by atoms with van der Waals surface area (Å²) in [5, 5.41) is 0. The first-order valence-corrected chi connectivity index (χ1v) is 15.3. The molecule has 2 rings (SSSR count). The van der Waals surface area contributed by atoms with Crippen LogP contribution in [0.4, 0.5) is 0 Å². The maximum atomic E-state index is 13.0. The van der Waals surface area contributed by atoms with E-state index in [4.69, 9.17) is 13.7 Å². The minimum Gasteiger partial charge on any atom is -0.462 e. The van der Waals surface area contributed by atoms with Gasteiger partial charge in [0.05, 0.1) is 24.3 Å². The predicted octanol–water partition coefficient (Wildman–Crippen LogP) is 7.49. The Morgan fingerprint density at radius 1 is 0.632 bits per heavy atom. The van der Waals surface area contributed by atoms with E-state index in [1.807, 2.05) is 0 Å². The summed E-state index contributed by atoms with van der Waals surface area (Å²) in [7, 11) is -4.24.